The van der Waals surface area contributed by atoms with E-state index in [2.05, 4.69) is 0 Å². The monoisotopic (exact) mass is 335 g/mol. The lowest BCUT2D eigenvalue weighted by molar-refractivity contribution is -0.144. The molecule has 0 heterocycles. The molecule has 0 aliphatic rings. The Bertz CT molecular complexity index is 386. The molecule has 0 spiro atoms. The lowest BCUT2D eigenvalue weighted by Gasteiger charge is -2.30. The fourth-order valence-electron chi connectivity index (χ4n) is 1.32. The van der Waals surface area contributed by atoms with Crippen LogP contribution in [0.3, 0.4) is 0 Å². The Morgan fingerprint density at radius 1 is 1.18 bits per heavy atom. The fourth-order valence-corrected chi connectivity index (χ4v) is 1.96. The van der Waals surface area contributed by atoms with Crippen molar-refractivity contribution < 1.29 is 23.6 Å². The smallest absolute Gasteiger partial charge is 0.410 e. The van der Waals surface area contributed by atoms with Crippen molar-refractivity contribution in [2.75, 3.05) is 13.6 Å². The van der Waals surface area contributed by atoms with Gasteiger partial charge in [-0.2, -0.15) is 0 Å². The Hall–Kier alpha value is -0.950. The number of nitrogens with zero attached hydrogens (tertiary/aromatic N) is 1. The third-order valence-corrected chi connectivity index (χ3v) is 3.37. The summed E-state index contributed by atoms with van der Waals surface area (Å²) in [4.78, 5) is 24.5. The van der Waals surface area contributed by atoms with Crippen LogP contribution in [0.1, 0.15) is 48.5 Å². The molecule has 0 fully saturated rings. The number of carbonyl (C=O) groups excluding carboxylic acids is 1. The minimum Gasteiger partial charge on any atom is -0.481 e. The molecule has 22 heavy (non-hydrogen) atoms. The third kappa shape index (κ3) is 9.15. The molecule has 1 N–H and O–H groups in total. The van der Waals surface area contributed by atoms with Crippen molar-refractivity contribution in [3.63, 3.8) is 0 Å². The quantitative estimate of drug-likeness (QED) is 0.750. The second-order valence-corrected chi connectivity index (χ2v) is 8.90. The number of aliphatic carboxylic acids is 1. The molecule has 6 nitrogen and oxygen atoms in total. The Kier molecular flexibility index (Phi) is 7.71. The molecule has 7 heteroatoms. The average Bonchev–Trinajstić information content (AvgIpc) is 2.29. The van der Waals surface area contributed by atoms with Gasteiger partial charge in [-0.1, -0.05) is 0 Å². The Morgan fingerprint density at radius 3 is 2.05 bits per heavy atom. The number of carboxylic acids is 1. The molecule has 0 aromatic heterocycles. The molecule has 0 radical (unpaired) electrons. The van der Waals surface area contributed by atoms with Crippen molar-refractivity contribution in [3.05, 3.63) is 0 Å². The van der Waals surface area contributed by atoms with Gasteiger partial charge in [-0.15, -0.1) is 0 Å². The van der Waals surface area contributed by atoms with E-state index in [9.17, 15) is 14.7 Å². The number of likely N-dealkylation sites (N-methyl/N-ethyl adjacent to an activating group) is 1. The number of amides is 1. The number of hydrogen-bond acceptors (Lipinski definition) is 5. The van der Waals surface area contributed by atoms with Crippen LogP contribution in [-0.4, -0.2) is 52.1 Å². The highest BCUT2D eigenvalue weighted by Gasteiger charge is 2.30. The SMILES string of the molecule is C[C@H](C(=O)O)[C@H](CN(C)C(=O)OC(C)(C)C)OSC(C)(C)C. The first-order chi connectivity index (χ1) is 9.73. The second kappa shape index (κ2) is 8.06. The number of rotatable bonds is 6. The van der Waals surface area contributed by atoms with Crippen molar-refractivity contribution in [3.8, 4) is 0 Å². The van der Waals surface area contributed by atoms with Gasteiger partial charge in [-0.3, -0.25) is 4.79 Å². The summed E-state index contributed by atoms with van der Waals surface area (Å²) >= 11 is 1.21. The van der Waals surface area contributed by atoms with Gasteiger partial charge in [0, 0.05) is 11.8 Å². The standard InChI is InChI=1S/C15H29NO5S/c1-10(12(17)18)11(21-22-15(5,6)7)9-16(8)13(19)20-14(2,3)4/h10-11H,9H2,1-8H3,(H,17,18)/t10-,11-/m0/s1. The lowest BCUT2D eigenvalue weighted by Crippen LogP contribution is -2.42. The van der Waals surface area contributed by atoms with Crippen LogP contribution in [0.5, 0.6) is 0 Å². The molecule has 0 aromatic carbocycles. The summed E-state index contributed by atoms with van der Waals surface area (Å²) in [5.74, 6) is -1.70. The molecule has 0 bridgehead atoms. The molecule has 0 aliphatic carbocycles. The van der Waals surface area contributed by atoms with E-state index in [4.69, 9.17) is 8.92 Å². The summed E-state index contributed by atoms with van der Waals surface area (Å²) in [6.07, 6.45) is -1.13. The maximum atomic E-state index is 12.0. The highest BCUT2D eigenvalue weighted by Crippen LogP contribution is 2.28. The van der Waals surface area contributed by atoms with Gasteiger partial charge in [-0.25, -0.2) is 4.79 Å². The first kappa shape index (κ1) is 21.0. The van der Waals surface area contributed by atoms with Crippen molar-refractivity contribution in [2.45, 2.75) is 64.9 Å². The van der Waals surface area contributed by atoms with Crippen LogP contribution in [0.2, 0.25) is 0 Å². The maximum Gasteiger partial charge on any atom is 0.410 e. The second-order valence-electron chi connectivity index (χ2n) is 7.32. The molecule has 0 saturated heterocycles. The Labute approximate surface area is 137 Å². The minimum atomic E-state index is -0.961. The van der Waals surface area contributed by atoms with Crippen molar-refractivity contribution in [1.29, 1.82) is 0 Å². The van der Waals surface area contributed by atoms with Crippen LogP contribution in [-0.2, 0) is 13.7 Å². The van der Waals surface area contributed by atoms with Gasteiger partial charge in [0.1, 0.15) is 11.7 Å². The first-order valence-electron chi connectivity index (χ1n) is 7.24. The molecular weight excluding hydrogens is 306 g/mol. The molecule has 0 aromatic rings. The average molecular weight is 335 g/mol. The zero-order valence-corrected chi connectivity index (χ0v) is 15.6. The van der Waals surface area contributed by atoms with Gasteiger partial charge in [0.05, 0.1) is 12.5 Å². The van der Waals surface area contributed by atoms with E-state index in [0.29, 0.717) is 0 Å². The van der Waals surface area contributed by atoms with E-state index in [1.807, 2.05) is 20.8 Å². The first-order valence-corrected chi connectivity index (χ1v) is 7.98. The van der Waals surface area contributed by atoms with E-state index < -0.39 is 29.7 Å². The van der Waals surface area contributed by atoms with Crippen LogP contribution >= 0.6 is 12.0 Å². The van der Waals surface area contributed by atoms with E-state index in [-0.39, 0.29) is 11.3 Å². The molecular formula is C15H29NO5S. The molecule has 0 saturated carbocycles. The normalized spacial score (nSPS) is 15.1. The van der Waals surface area contributed by atoms with E-state index in [1.54, 1.807) is 34.7 Å². The van der Waals surface area contributed by atoms with E-state index in [0.717, 1.165) is 0 Å². The molecule has 2 atom stereocenters. The van der Waals surface area contributed by atoms with Crippen molar-refractivity contribution >= 4 is 24.1 Å². The maximum absolute atomic E-state index is 12.0. The zero-order valence-electron chi connectivity index (χ0n) is 14.8. The largest absolute Gasteiger partial charge is 0.481 e. The lowest BCUT2D eigenvalue weighted by atomic mass is 10.1. The zero-order chi connectivity index (χ0) is 17.7. The van der Waals surface area contributed by atoms with Gasteiger partial charge >= 0.3 is 12.1 Å². The van der Waals surface area contributed by atoms with Crippen LogP contribution in [0.15, 0.2) is 0 Å². The molecule has 0 unspecified atom stereocenters. The summed E-state index contributed by atoms with van der Waals surface area (Å²) in [5, 5.41) is 9.20. The molecule has 130 valence electrons. The van der Waals surface area contributed by atoms with Crippen LogP contribution < -0.4 is 0 Å². The van der Waals surface area contributed by atoms with Crippen LogP contribution in [0, 0.1) is 5.92 Å². The number of carboxylic acid groups (broad SMARTS) is 1. The third-order valence-electron chi connectivity index (χ3n) is 2.53. The highest BCUT2D eigenvalue weighted by molar-refractivity contribution is 7.96. The number of carbonyl (C=O) groups is 2. The fraction of sp³-hybridized carbons (Fsp3) is 0.867. The predicted octanol–water partition coefficient (Wildman–Crippen LogP) is 3.41. The molecule has 1 amide bonds. The van der Waals surface area contributed by atoms with Gasteiger partial charge in [-0.05, 0) is 60.5 Å². The van der Waals surface area contributed by atoms with Gasteiger partial charge in [0.25, 0.3) is 0 Å². The van der Waals surface area contributed by atoms with Crippen molar-refractivity contribution in [2.24, 2.45) is 5.92 Å². The molecule has 0 rings (SSSR count). The number of hydrogen-bond donors (Lipinski definition) is 1. The van der Waals surface area contributed by atoms with Gasteiger partial charge in [0.15, 0.2) is 0 Å². The minimum absolute atomic E-state index is 0.144. The summed E-state index contributed by atoms with van der Waals surface area (Å²) in [5.41, 5.74) is -0.597. The van der Waals surface area contributed by atoms with Crippen molar-refractivity contribution in [1.82, 2.24) is 4.90 Å². The van der Waals surface area contributed by atoms with E-state index in [1.165, 1.54) is 16.9 Å². The topological polar surface area (TPSA) is 76.1 Å². The van der Waals surface area contributed by atoms with Gasteiger partial charge < -0.3 is 18.9 Å². The van der Waals surface area contributed by atoms with Gasteiger partial charge in [0.2, 0.25) is 0 Å². The molecule has 0 aliphatic heterocycles. The summed E-state index contributed by atoms with van der Waals surface area (Å²) < 4.78 is 10.8. The Morgan fingerprint density at radius 2 is 1.68 bits per heavy atom. The number of ether oxygens (including phenoxy) is 1. The predicted molar refractivity (Wildman–Crippen MR) is 87.9 cm³/mol. The van der Waals surface area contributed by atoms with Crippen LogP contribution in [0.25, 0.3) is 0 Å². The van der Waals surface area contributed by atoms with Crippen LogP contribution in [0.4, 0.5) is 4.79 Å². The Balaban J connectivity index is 4.82. The summed E-state index contributed by atoms with van der Waals surface area (Å²) in [6, 6.07) is 0. The summed E-state index contributed by atoms with van der Waals surface area (Å²) in [7, 11) is 1.57. The summed E-state index contributed by atoms with van der Waals surface area (Å²) in [6.45, 7) is 13.0. The highest BCUT2D eigenvalue weighted by atomic mass is 32.2. The van der Waals surface area contributed by atoms with E-state index >= 15 is 0 Å².